The van der Waals surface area contributed by atoms with E-state index in [9.17, 15) is 0 Å². The van der Waals surface area contributed by atoms with Gasteiger partial charge in [0.25, 0.3) is 0 Å². The summed E-state index contributed by atoms with van der Waals surface area (Å²) in [7, 11) is 0. The van der Waals surface area contributed by atoms with Crippen molar-refractivity contribution in [1.29, 1.82) is 0 Å². The molecule has 0 fully saturated rings. The smallest absolute Gasteiger partial charge is 0.0111 e. The fourth-order valence-electron chi connectivity index (χ4n) is 7.73. The maximum Gasteiger partial charge on any atom is -0.0111 e. The van der Waals surface area contributed by atoms with E-state index in [-0.39, 0.29) is 0 Å². The SMILES string of the molecule is C=C(C(C)CC)C(C)C(C1=CC=CCC1)C(C)CCC(C)C(C1=CCCCC1)C(CCC)C(C)C(C)C. The second kappa shape index (κ2) is 16.2. The van der Waals surface area contributed by atoms with Gasteiger partial charge in [-0.25, -0.2) is 0 Å². The molecule has 0 saturated heterocycles. The molecule has 8 atom stereocenters. The van der Waals surface area contributed by atoms with Crippen molar-refractivity contribution in [3.8, 4) is 0 Å². The summed E-state index contributed by atoms with van der Waals surface area (Å²) < 4.78 is 0. The predicted octanol–water partition coefficient (Wildman–Crippen LogP) is 12.0. The van der Waals surface area contributed by atoms with Crippen molar-refractivity contribution < 1.29 is 0 Å². The highest BCUT2D eigenvalue weighted by molar-refractivity contribution is 5.24. The number of rotatable bonds is 16. The molecule has 0 heteroatoms. The summed E-state index contributed by atoms with van der Waals surface area (Å²) in [6, 6.07) is 0. The van der Waals surface area contributed by atoms with E-state index < -0.39 is 0 Å². The zero-order chi connectivity index (χ0) is 27.5. The zero-order valence-corrected chi connectivity index (χ0v) is 26.5. The van der Waals surface area contributed by atoms with E-state index in [0.717, 1.165) is 29.6 Å². The molecule has 2 aliphatic carbocycles. The van der Waals surface area contributed by atoms with Gasteiger partial charge in [0, 0.05) is 0 Å². The van der Waals surface area contributed by atoms with Crippen molar-refractivity contribution >= 4 is 0 Å². The Morgan fingerprint density at radius 1 is 0.811 bits per heavy atom. The normalized spacial score (nSPS) is 22.9. The average molecular weight is 509 g/mol. The van der Waals surface area contributed by atoms with Crippen LogP contribution in [0.25, 0.3) is 0 Å². The zero-order valence-electron chi connectivity index (χ0n) is 26.5. The fraction of sp³-hybridized carbons (Fsp3) is 0.784. The highest BCUT2D eigenvalue weighted by Gasteiger charge is 2.35. The van der Waals surface area contributed by atoms with Gasteiger partial charge in [-0.15, -0.1) is 0 Å². The molecule has 0 saturated carbocycles. The molecule has 0 bridgehead atoms. The predicted molar refractivity (Wildman–Crippen MR) is 168 cm³/mol. The quantitative estimate of drug-likeness (QED) is 0.182. The van der Waals surface area contributed by atoms with Crippen molar-refractivity contribution in [2.24, 2.45) is 53.3 Å². The van der Waals surface area contributed by atoms with Gasteiger partial charge in [0.1, 0.15) is 0 Å². The second-order valence-corrected chi connectivity index (χ2v) is 13.5. The monoisotopic (exact) mass is 509 g/mol. The molecule has 0 aromatic carbocycles. The topological polar surface area (TPSA) is 0 Å². The molecule has 37 heavy (non-hydrogen) atoms. The molecule has 212 valence electrons. The summed E-state index contributed by atoms with van der Waals surface area (Å²) in [5.74, 6) is 6.41. The lowest BCUT2D eigenvalue weighted by Crippen LogP contribution is -2.32. The fourth-order valence-corrected chi connectivity index (χ4v) is 7.73. The van der Waals surface area contributed by atoms with Gasteiger partial charge in [-0.1, -0.05) is 116 Å². The first-order valence-electron chi connectivity index (χ1n) is 16.4. The Labute approximate surface area is 233 Å². The lowest BCUT2D eigenvalue weighted by atomic mass is 9.64. The van der Waals surface area contributed by atoms with Gasteiger partial charge in [0.15, 0.2) is 0 Å². The Kier molecular flexibility index (Phi) is 14.0. The van der Waals surface area contributed by atoms with Gasteiger partial charge >= 0.3 is 0 Å². The lowest BCUT2D eigenvalue weighted by molar-refractivity contribution is 0.144. The van der Waals surface area contributed by atoms with E-state index in [1.54, 1.807) is 5.57 Å². The van der Waals surface area contributed by atoms with Gasteiger partial charge in [-0.2, -0.15) is 0 Å². The Hall–Kier alpha value is -1.04. The molecule has 2 rings (SSSR count). The Morgan fingerprint density at radius 3 is 2.00 bits per heavy atom. The minimum Gasteiger partial charge on any atom is -0.0993 e. The molecule has 0 aromatic heterocycles. The van der Waals surface area contributed by atoms with Crippen molar-refractivity contribution in [3.63, 3.8) is 0 Å². The summed E-state index contributed by atoms with van der Waals surface area (Å²) in [5, 5.41) is 0. The van der Waals surface area contributed by atoms with Crippen LogP contribution in [0.15, 0.2) is 47.6 Å². The minimum absolute atomic E-state index is 0.559. The highest BCUT2D eigenvalue weighted by atomic mass is 14.4. The first-order chi connectivity index (χ1) is 17.6. The minimum atomic E-state index is 0.559. The van der Waals surface area contributed by atoms with E-state index in [0.29, 0.717) is 23.7 Å². The van der Waals surface area contributed by atoms with Crippen LogP contribution in [-0.2, 0) is 0 Å². The summed E-state index contributed by atoms with van der Waals surface area (Å²) in [6.45, 7) is 26.9. The van der Waals surface area contributed by atoms with Crippen molar-refractivity contribution in [2.45, 2.75) is 133 Å². The van der Waals surface area contributed by atoms with Crippen molar-refractivity contribution in [3.05, 3.63) is 47.6 Å². The van der Waals surface area contributed by atoms with Gasteiger partial charge in [-0.3, -0.25) is 0 Å². The molecule has 0 nitrogen and oxygen atoms in total. The van der Waals surface area contributed by atoms with Crippen LogP contribution >= 0.6 is 0 Å². The first-order valence-corrected chi connectivity index (χ1v) is 16.4. The number of allylic oxidation sites excluding steroid dienone is 7. The van der Waals surface area contributed by atoms with Crippen LogP contribution in [0.5, 0.6) is 0 Å². The second-order valence-electron chi connectivity index (χ2n) is 13.5. The standard InChI is InChI=1S/C37H64/c1-11-19-35(30(8)26(3)4)37(34-22-17-14-18-23-34)29(7)25-24-28(6)36(33-20-15-13-16-21-33)32(10)31(9)27(5)12-2/h13,15,20,22,26-30,32,35-37H,9,11-12,14,16-19,21,23-25H2,1-8,10H3. The summed E-state index contributed by atoms with van der Waals surface area (Å²) in [6.07, 6.45) is 24.3. The third-order valence-electron chi connectivity index (χ3n) is 10.7. The number of hydrogen-bond acceptors (Lipinski definition) is 0. The van der Waals surface area contributed by atoms with Crippen molar-refractivity contribution in [1.82, 2.24) is 0 Å². The molecule has 0 radical (unpaired) electrons. The Bertz CT molecular complexity index is 761. The molecular formula is C37H64. The van der Waals surface area contributed by atoms with E-state index >= 15 is 0 Å². The molecule has 0 heterocycles. The molecule has 0 amide bonds. The van der Waals surface area contributed by atoms with Crippen LogP contribution < -0.4 is 0 Å². The van der Waals surface area contributed by atoms with Gasteiger partial charge in [0.05, 0.1) is 0 Å². The highest BCUT2D eigenvalue weighted by Crippen LogP contribution is 2.45. The molecule has 0 N–H and O–H groups in total. The maximum atomic E-state index is 4.63. The third-order valence-corrected chi connectivity index (χ3v) is 10.7. The lowest BCUT2D eigenvalue weighted by Gasteiger charge is -2.41. The Balaban J connectivity index is 2.27. The summed E-state index contributed by atoms with van der Waals surface area (Å²) in [5.41, 5.74) is 4.98. The Morgan fingerprint density at radius 2 is 1.49 bits per heavy atom. The summed E-state index contributed by atoms with van der Waals surface area (Å²) in [4.78, 5) is 0. The van der Waals surface area contributed by atoms with Crippen molar-refractivity contribution in [2.75, 3.05) is 0 Å². The summed E-state index contributed by atoms with van der Waals surface area (Å²) >= 11 is 0. The molecule has 0 aliphatic heterocycles. The van der Waals surface area contributed by atoms with E-state index in [2.05, 4.69) is 93.2 Å². The maximum absolute atomic E-state index is 4.63. The van der Waals surface area contributed by atoms with Crippen LogP contribution in [-0.4, -0.2) is 0 Å². The van der Waals surface area contributed by atoms with Crippen LogP contribution in [0.3, 0.4) is 0 Å². The average Bonchev–Trinajstić information content (AvgIpc) is 2.91. The van der Waals surface area contributed by atoms with Gasteiger partial charge in [-0.05, 0) is 117 Å². The molecule has 8 unspecified atom stereocenters. The van der Waals surface area contributed by atoms with Gasteiger partial charge in [0.2, 0.25) is 0 Å². The first kappa shape index (κ1) is 32.2. The van der Waals surface area contributed by atoms with E-state index in [4.69, 9.17) is 0 Å². The van der Waals surface area contributed by atoms with Crippen LogP contribution in [0.1, 0.15) is 133 Å². The molecule has 0 aromatic rings. The van der Waals surface area contributed by atoms with Gasteiger partial charge < -0.3 is 0 Å². The molecular weight excluding hydrogens is 444 g/mol. The van der Waals surface area contributed by atoms with Crippen LogP contribution in [0.4, 0.5) is 0 Å². The largest absolute Gasteiger partial charge is 0.0993 e. The molecule has 2 aliphatic rings. The van der Waals surface area contributed by atoms with Crippen LogP contribution in [0.2, 0.25) is 0 Å². The van der Waals surface area contributed by atoms with Crippen LogP contribution in [0, 0.1) is 53.3 Å². The van der Waals surface area contributed by atoms with E-state index in [1.165, 1.54) is 76.2 Å². The van der Waals surface area contributed by atoms with E-state index in [1.807, 2.05) is 5.57 Å². The molecule has 0 spiro atoms. The number of hydrogen-bond donors (Lipinski definition) is 0. The third kappa shape index (κ3) is 9.00.